The topological polar surface area (TPSA) is 36.9 Å². The van der Waals surface area contributed by atoms with E-state index in [4.69, 9.17) is 30.5 Å². The molecule has 2 rings (SSSR count). The van der Waals surface area contributed by atoms with E-state index in [0.29, 0.717) is 24.8 Å². The van der Waals surface area contributed by atoms with Crippen molar-refractivity contribution < 1.29 is 18.9 Å². The first kappa shape index (κ1) is 16.1. The molecule has 0 aliphatic carbocycles. The summed E-state index contributed by atoms with van der Waals surface area (Å²) in [7, 11) is 1.60. The summed E-state index contributed by atoms with van der Waals surface area (Å²) in [5, 5.41) is 0.653. The van der Waals surface area contributed by atoms with Gasteiger partial charge < -0.3 is 18.9 Å². The van der Waals surface area contributed by atoms with Crippen molar-refractivity contribution in [3.63, 3.8) is 0 Å². The Morgan fingerprint density at radius 3 is 2.71 bits per heavy atom. The number of hydrogen-bond donors (Lipinski definition) is 0. The van der Waals surface area contributed by atoms with E-state index in [1.807, 2.05) is 18.2 Å². The Balaban J connectivity index is 2.06. The lowest BCUT2D eigenvalue weighted by Crippen LogP contribution is -2.35. The van der Waals surface area contributed by atoms with Gasteiger partial charge >= 0.3 is 0 Å². The summed E-state index contributed by atoms with van der Waals surface area (Å²) in [5.74, 6) is 0.749. The molecular formula is C16H21ClO4. The monoisotopic (exact) mass is 312 g/mol. The Bertz CT molecular complexity index is 493. The second kappa shape index (κ2) is 7.16. The van der Waals surface area contributed by atoms with Crippen molar-refractivity contribution in [2.24, 2.45) is 5.41 Å². The van der Waals surface area contributed by atoms with Crippen LogP contribution in [0.2, 0.25) is 5.02 Å². The Kier molecular flexibility index (Phi) is 5.51. The molecule has 21 heavy (non-hydrogen) atoms. The number of rotatable bonds is 6. The third kappa shape index (κ3) is 4.37. The highest BCUT2D eigenvalue weighted by Crippen LogP contribution is 2.30. The number of benzene rings is 1. The smallest absolute Gasteiger partial charge is 0.166 e. The third-order valence-electron chi connectivity index (χ3n) is 3.22. The van der Waals surface area contributed by atoms with Gasteiger partial charge in [0, 0.05) is 16.0 Å². The number of hydrogen-bond acceptors (Lipinski definition) is 4. The van der Waals surface area contributed by atoms with Gasteiger partial charge in [-0.15, -0.1) is 0 Å². The maximum atomic E-state index is 6.02. The van der Waals surface area contributed by atoms with Gasteiger partial charge in [0.2, 0.25) is 0 Å². The second-order valence-electron chi connectivity index (χ2n) is 5.57. The van der Waals surface area contributed by atoms with Gasteiger partial charge in [-0.2, -0.15) is 0 Å². The lowest BCUT2D eigenvalue weighted by molar-refractivity contribution is -0.131. The Morgan fingerprint density at radius 1 is 1.33 bits per heavy atom. The van der Waals surface area contributed by atoms with Crippen LogP contribution in [0, 0.1) is 5.41 Å². The Hall–Kier alpha value is -1.23. The van der Waals surface area contributed by atoms with Crippen LogP contribution >= 0.6 is 11.6 Å². The minimum Gasteiger partial charge on any atom is -0.504 e. The van der Waals surface area contributed by atoms with Crippen LogP contribution in [-0.2, 0) is 14.2 Å². The highest BCUT2D eigenvalue weighted by molar-refractivity contribution is 6.30. The predicted molar refractivity (Wildman–Crippen MR) is 82.5 cm³/mol. The first-order valence-corrected chi connectivity index (χ1v) is 7.25. The van der Waals surface area contributed by atoms with Crippen molar-refractivity contribution in [2.45, 2.75) is 20.1 Å². The highest BCUT2D eigenvalue weighted by atomic mass is 35.5. The van der Waals surface area contributed by atoms with Gasteiger partial charge in [-0.05, 0) is 24.3 Å². The van der Waals surface area contributed by atoms with Crippen LogP contribution in [-0.4, -0.2) is 33.2 Å². The summed E-state index contributed by atoms with van der Waals surface area (Å²) in [6.45, 7) is 5.87. The summed E-state index contributed by atoms with van der Waals surface area (Å²) >= 11 is 6.02. The maximum Gasteiger partial charge on any atom is 0.166 e. The molecule has 0 bridgehead atoms. The molecule has 1 heterocycles. The Morgan fingerprint density at radius 2 is 2.05 bits per heavy atom. The molecule has 1 aliphatic rings. The van der Waals surface area contributed by atoms with Gasteiger partial charge in [0.1, 0.15) is 5.75 Å². The van der Waals surface area contributed by atoms with Gasteiger partial charge in [-0.1, -0.05) is 25.4 Å². The fourth-order valence-electron chi connectivity index (χ4n) is 2.06. The van der Waals surface area contributed by atoms with E-state index in [1.165, 1.54) is 0 Å². The molecule has 0 atom stereocenters. The zero-order chi connectivity index (χ0) is 15.3. The molecular weight excluding hydrogens is 292 g/mol. The normalized spacial score (nSPS) is 16.6. The summed E-state index contributed by atoms with van der Waals surface area (Å²) < 4.78 is 22.0. The number of ether oxygens (including phenoxy) is 4. The van der Waals surface area contributed by atoms with Crippen molar-refractivity contribution in [1.82, 2.24) is 0 Å². The average Bonchev–Trinajstić information content (AvgIpc) is 2.99. The lowest BCUT2D eigenvalue weighted by Gasteiger charge is -2.29. The van der Waals surface area contributed by atoms with E-state index in [0.717, 1.165) is 11.3 Å². The molecule has 0 N–H and O–H groups in total. The fourth-order valence-corrected chi connectivity index (χ4v) is 2.24. The quantitative estimate of drug-likeness (QED) is 0.750. The molecule has 1 aliphatic heterocycles. The van der Waals surface area contributed by atoms with Gasteiger partial charge in [-0.25, -0.2) is 0 Å². The SMILES string of the molecule is COC=Cc1cc(Cl)ccc1OCC(C)(C)C1OCCO1. The summed E-state index contributed by atoms with van der Waals surface area (Å²) in [5.41, 5.74) is 0.631. The van der Waals surface area contributed by atoms with Gasteiger partial charge in [-0.3, -0.25) is 0 Å². The molecule has 116 valence electrons. The largest absolute Gasteiger partial charge is 0.504 e. The molecule has 0 amide bonds. The lowest BCUT2D eigenvalue weighted by atomic mass is 9.94. The van der Waals surface area contributed by atoms with Crippen molar-refractivity contribution in [2.75, 3.05) is 26.9 Å². The zero-order valence-corrected chi connectivity index (χ0v) is 13.4. The first-order chi connectivity index (χ1) is 10.0. The van der Waals surface area contributed by atoms with Gasteiger partial charge in [0.15, 0.2) is 6.29 Å². The van der Waals surface area contributed by atoms with E-state index in [1.54, 1.807) is 19.4 Å². The van der Waals surface area contributed by atoms with Gasteiger partial charge in [0.25, 0.3) is 0 Å². The minimum atomic E-state index is -0.238. The van der Waals surface area contributed by atoms with E-state index < -0.39 is 0 Å². The maximum absolute atomic E-state index is 6.02. The molecule has 4 nitrogen and oxygen atoms in total. The minimum absolute atomic E-state index is 0.234. The molecule has 1 saturated heterocycles. The molecule has 0 saturated carbocycles. The van der Waals surface area contributed by atoms with E-state index in [-0.39, 0.29) is 11.7 Å². The molecule has 0 aromatic heterocycles. The molecule has 1 aromatic carbocycles. The van der Waals surface area contributed by atoms with E-state index in [2.05, 4.69) is 13.8 Å². The third-order valence-corrected chi connectivity index (χ3v) is 3.45. The van der Waals surface area contributed by atoms with Crippen molar-refractivity contribution >= 4 is 17.7 Å². The van der Waals surface area contributed by atoms with Crippen LogP contribution in [0.25, 0.3) is 6.08 Å². The molecule has 1 fully saturated rings. The van der Waals surface area contributed by atoms with Crippen molar-refractivity contribution in [3.8, 4) is 5.75 Å². The zero-order valence-electron chi connectivity index (χ0n) is 12.6. The standard InChI is InChI=1S/C16H21ClO4/c1-16(2,15-19-8-9-20-15)11-21-14-5-4-13(17)10-12(14)6-7-18-3/h4-7,10,15H,8-9,11H2,1-3H3. The number of halogens is 1. The van der Waals surface area contributed by atoms with Gasteiger partial charge in [0.05, 0.1) is 33.2 Å². The highest BCUT2D eigenvalue weighted by Gasteiger charge is 2.35. The van der Waals surface area contributed by atoms with Crippen LogP contribution in [0.4, 0.5) is 0 Å². The van der Waals surface area contributed by atoms with Crippen LogP contribution in [0.5, 0.6) is 5.75 Å². The molecule has 0 spiro atoms. The van der Waals surface area contributed by atoms with E-state index in [9.17, 15) is 0 Å². The van der Waals surface area contributed by atoms with Crippen LogP contribution in [0.1, 0.15) is 19.4 Å². The first-order valence-electron chi connectivity index (χ1n) is 6.88. The predicted octanol–water partition coefficient (Wildman–Crippen LogP) is 3.74. The van der Waals surface area contributed by atoms with Crippen LogP contribution in [0.15, 0.2) is 24.5 Å². The molecule has 0 unspecified atom stereocenters. The van der Waals surface area contributed by atoms with Crippen LogP contribution in [0.3, 0.4) is 0 Å². The molecule has 1 aromatic rings. The average molecular weight is 313 g/mol. The van der Waals surface area contributed by atoms with E-state index >= 15 is 0 Å². The fraction of sp³-hybridized carbons (Fsp3) is 0.500. The summed E-state index contributed by atoms with van der Waals surface area (Å²) in [4.78, 5) is 0. The second-order valence-corrected chi connectivity index (χ2v) is 6.01. The van der Waals surface area contributed by atoms with Crippen molar-refractivity contribution in [3.05, 3.63) is 35.0 Å². The molecule has 5 heteroatoms. The Labute approximate surface area is 130 Å². The molecule has 0 radical (unpaired) electrons. The summed E-state index contributed by atoms with van der Waals surface area (Å²) in [6, 6.07) is 5.49. The number of methoxy groups -OCH3 is 1. The van der Waals surface area contributed by atoms with Crippen LogP contribution < -0.4 is 4.74 Å². The van der Waals surface area contributed by atoms with Crippen molar-refractivity contribution in [1.29, 1.82) is 0 Å². The summed E-state index contributed by atoms with van der Waals surface area (Å²) in [6.07, 6.45) is 3.17.